The van der Waals surface area contributed by atoms with Crippen LogP contribution in [0.1, 0.15) is 31.2 Å². The van der Waals surface area contributed by atoms with Gasteiger partial charge < -0.3 is 19.9 Å². The summed E-state index contributed by atoms with van der Waals surface area (Å²) < 4.78 is 5.81. The number of ether oxygens (including phenoxy) is 1. The van der Waals surface area contributed by atoms with Gasteiger partial charge >= 0.3 is 5.97 Å². The minimum atomic E-state index is -1.76. The Kier molecular flexibility index (Phi) is 3.01. The maximum Gasteiger partial charge on any atom is 0.338 e. The second-order valence-electron chi connectivity index (χ2n) is 7.83. The number of allylic oxidation sites excluding steroid dienone is 2. The summed E-state index contributed by atoms with van der Waals surface area (Å²) in [6.45, 7) is 0.532. The number of carboxylic acids is 1. The second-order valence-corrected chi connectivity index (χ2v) is 7.83. The van der Waals surface area contributed by atoms with E-state index in [4.69, 9.17) is 4.74 Å². The van der Waals surface area contributed by atoms with Crippen LogP contribution in [-0.4, -0.2) is 39.5 Å². The molecular weight excluding hydrogens is 318 g/mol. The summed E-state index contributed by atoms with van der Waals surface area (Å²) in [5.74, 6) is -0.920. The average molecular weight is 339 g/mol. The number of H-pyrrole nitrogens is 1. The van der Waals surface area contributed by atoms with E-state index in [1.807, 2.05) is 6.20 Å². The first-order valence-electron chi connectivity index (χ1n) is 8.87. The standard InChI is InChI=1S/C20H21NO4/c22-18(23)20(24)7-4-15-14(3-6-19(15)10-17(20)25-11-19)12-1-2-16-13(9-12)5-8-21-16/h1-3,5,8-9,15,17,21,24H,4,6-7,10-11H2,(H,22,23)/t15-,17-,19+,20+/m0/s1. The number of hydrogen-bond acceptors (Lipinski definition) is 3. The number of rotatable bonds is 2. The van der Waals surface area contributed by atoms with Gasteiger partial charge in [-0.1, -0.05) is 12.1 Å². The number of aliphatic hydroxyl groups is 1. The van der Waals surface area contributed by atoms with Crippen LogP contribution in [0.4, 0.5) is 0 Å². The molecule has 4 atom stereocenters. The van der Waals surface area contributed by atoms with E-state index in [9.17, 15) is 15.0 Å². The van der Waals surface area contributed by atoms with Crippen molar-refractivity contribution in [2.45, 2.75) is 37.4 Å². The van der Waals surface area contributed by atoms with Crippen molar-refractivity contribution in [2.75, 3.05) is 6.61 Å². The third-order valence-corrected chi connectivity index (χ3v) is 6.61. The molecule has 1 aliphatic heterocycles. The molecule has 1 saturated carbocycles. The van der Waals surface area contributed by atoms with Crippen LogP contribution >= 0.6 is 0 Å². The monoisotopic (exact) mass is 339 g/mol. The molecule has 5 heteroatoms. The zero-order valence-electron chi connectivity index (χ0n) is 13.9. The fourth-order valence-corrected chi connectivity index (χ4v) is 5.16. The van der Waals surface area contributed by atoms with Crippen molar-refractivity contribution in [1.29, 1.82) is 0 Å². The first-order chi connectivity index (χ1) is 12.0. The maximum absolute atomic E-state index is 11.7. The van der Waals surface area contributed by atoms with Crippen LogP contribution in [0.2, 0.25) is 0 Å². The summed E-state index contributed by atoms with van der Waals surface area (Å²) in [6.07, 6.45) is 6.07. The Labute approximate surface area is 145 Å². The molecule has 1 aromatic heterocycles. The normalized spacial score (nSPS) is 36.9. The van der Waals surface area contributed by atoms with E-state index < -0.39 is 17.7 Å². The van der Waals surface area contributed by atoms with Gasteiger partial charge in [0.1, 0.15) is 0 Å². The average Bonchev–Trinajstić information content (AvgIpc) is 3.29. The molecule has 2 fully saturated rings. The number of benzene rings is 1. The topological polar surface area (TPSA) is 82.5 Å². The highest BCUT2D eigenvalue weighted by Gasteiger charge is 2.60. The van der Waals surface area contributed by atoms with E-state index in [0.29, 0.717) is 19.4 Å². The minimum absolute atomic E-state index is 0.0625. The number of hydrogen-bond donors (Lipinski definition) is 3. The summed E-state index contributed by atoms with van der Waals surface area (Å²) >= 11 is 0. The summed E-state index contributed by atoms with van der Waals surface area (Å²) in [4.78, 5) is 14.9. The quantitative estimate of drug-likeness (QED) is 0.785. The molecule has 2 aliphatic carbocycles. The van der Waals surface area contributed by atoms with Gasteiger partial charge in [0.15, 0.2) is 5.60 Å². The third kappa shape index (κ3) is 1.99. The Hall–Kier alpha value is -2.11. The number of carboxylic acid groups (broad SMARTS) is 1. The number of carbonyl (C=O) groups is 1. The number of fused-ring (bicyclic) bond motifs is 2. The Morgan fingerprint density at radius 1 is 1.32 bits per heavy atom. The van der Waals surface area contributed by atoms with Crippen molar-refractivity contribution < 1.29 is 19.7 Å². The molecule has 130 valence electrons. The van der Waals surface area contributed by atoms with Gasteiger partial charge in [0.25, 0.3) is 0 Å². The van der Waals surface area contributed by atoms with Crippen LogP contribution in [0, 0.1) is 11.3 Å². The molecule has 1 saturated heterocycles. The molecule has 3 aliphatic rings. The molecule has 2 heterocycles. The van der Waals surface area contributed by atoms with Gasteiger partial charge in [0.2, 0.25) is 0 Å². The van der Waals surface area contributed by atoms with Gasteiger partial charge in [0, 0.05) is 17.1 Å². The van der Waals surface area contributed by atoms with Crippen molar-refractivity contribution in [3.05, 3.63) is 42.1 Å². The van der Waals surface area contributed by atoms with Gasteiger partial charge in [-0.3, -0.25) is 0 Å². The number of aromatic amines is 1. The zero-order chi connectivity index (χ0) is 17.2. The van der Waals surface area contributed by atoms with Crippen molar-refractivity contribution in [1.82, 2.24) is 4.98 Å². The lowest BCUT2D eigenvalue weighted by Crippen LogP contribution is -2.49. The van der Waals surface area contributed by atoms with Gasteiger partial charge in [-0.25, -0.2) is 4.79 Å². The lowest BCUT2D eigenvalue weighted by Gasteiger charge is -2.32. The van der Waals surface area contributed by atoms with Crippen molar-refractivity contribution in [3.8, 4) is 0 Å². The number of aromatic nitrogens is 1. The summed E-state index contributed by atoms with van der Waals surface area (Å²) in [5.41, 5.74) is 1.76. The largest absolute Gasteiger partial charge is 0.479 e. The highest BCUT2D eigenvalue weighted by molar-refractivity contribution is 5.85. The van der Waals surface area contributed by atoms with Crippen LogP contribution < -0.4 is 0 Å². The van der Waals surface area contributed by atoms with Gasteiger partial charge in [-0.15, -0.1) is 0 Å². The first-order valence-corrected chi connectivity index (χ1v) is 8.87. The lowest BCUT2D eigenvalue weighted by atomic mass is 9.72. The first kappa shape index (κ1) is 15.2. The molecule has 1 aromatic carbocycles. The van der Waals surface area contributed by atoms with E-state index in [1.165, 1.54) is 16.5 Å². The predicted molar refractivity (Wildman–Crippen MR) is 93.0 cm³/mol. The molecule has 5 rings (SSSR count). The highest BCUT2D eigenvalue weighted by atomic mass is 16.5. The SMILES string of the molecule is O=C(O)[C@@]1(O)CC[C@H]2C(c3ccc4[nH]ccc4c3)=CC[C@@]23CO[C@H]1C3. The lowest BCUT2D eigenvalue weighted by molar-refractivity contribution is -0.174. The predicted octanol–water partition coefficient (Wildman–Crippen LogP) is 2.96. The van der Waals surface area contributed by atoms with Gasteiger partial charge in [0.05, 0.1) is 12.7 Å². The summed E-state index contributed by atoms with van der Waals surface area (Å²) in [6, 6.07) is 8.48. The van der Waals surface area contributed by atoms with E-state index in [2.05, 4.69) is 35.3 Å². The van der Waals surface area contributed by atoms with Gasteiger partial charge in [-0.2, -0.15) is 0 Å². The van der Waals surface area contributed by atoms with Crippen molar-refractivity contribution in [3.63, 3.8) is 0 Å². The highest BCUT2D eigenvalue weighted by Crippen LogP contribution is 2.59. The second kappa shape index (κ2) is 4.96. The number of aliphatic carboxylic acids is 1. The molecule has 1 spiro atoms. The summed E-state index contributed by atoms with van der Waals surface area (Å²) in [5, 5.41) is 21.4. The minimum Gasteiger partial charge on any atom is -0.479 e. The molecule has 5 nitrogen and oxygen atoms in total. The van der Waals surface area contributed by atoms with E-state index in [1.54, 1.807) is 0 Å². The van der Waals surface area contributed by atoms with Gasteiger partial charge in [-0.05, 0) is 66.3 Å². The van der Waals surface area contributed by atoms with E-state index >= 15 is 0 Å². The van der Waals surface area contributed by atoms with Crippen molar-refractivity contribution >= 4 is 22.4 Å². The van der Waals surface area contributed by atoms with Crippen molar-refractivity contribution in [2.24, 2.45) is 11.3 Å². The molecule has 0 unspecified atom stereocenters. The van der Waals surface area contributed by atoms with E-state index in [0.717, 1.165) is 11.9 Å². The van der Waals surface area contributed by atoms with Crippen LogP contribution in [0.25, 0.3) is 16.5 Å². The van der Waals surface area contributed by atoms with Crippen LogP contribution in [0.15, 0.2) is 36.5 Å². The Morgan fingerprint density at radius 3 is 3.04 bits per heavy atom. The molecule has 25 heavy (non-hydrogen) atoms. The maximum atomic E-state index is 11.7. The third-order valence-electron chi connectivity index (χ3n) is 6.61. The Morgan fingerprint density at radius 2 is 2.20 bits per heavy atom. The van der Waals surface area contributed by atoms with E-state index in [-0.39, 0.29) is 17.8 Å². The zero-order valence-corrected chi connectivity index (χ0v) is 13.9. The fraction of sp³-hybridized carbons (Fsp3) is 0.450. The smallest absolute Gasteiger partial charge is 0.338 e. The molecular formula is C20H21NO4. The molecule has 2 bridgehead atoms. The molecule has 2 aromatic rings. The Balaban J connectivity index is 1.54. The van der Waals surface area contributed by atoms with Crippen LogP contribution in [0.3, 0.4) is 0 Å². The van der Waals surface area contributed by atoms with Crippen LogP contribution in [0.5, 0.6) is 0 Å². The fourth-order valence-electron chi connectivity index (χ4n) is 5.16. The Bertz CT molecular complexity index is 900. The number of nitrogens with one attached hydrogen (secondary N) is 1. The molecule has 0 radical (unpaired) electrons. The molecule has 3 N–H and O–H groups in total. The van der Waals surface area contributed by atoms with Crippen LogP contribution in [-0.2, 0) is 9.53 Å². The molecule has 0 amide bonds. The summed E-state index contributed by atoms with van der Waals surface area (Å²) in [7, 11) is 0.